The number of ether oxygens (including phenoxy) is 2. The highest BCUT2D eigenvalue weighted by Crippen LogP contribution is 2.16. The Balaban J connectivity index is 2.11. The van der Waals surface area contributed by atoms with Crippen molar-refractivity contribution in [2.75, 3.05) is 38.2 Å². The van der Waals surface area contributed by atoms with Gasteiger partial charge in [0.25, 0.3) is 0 Å². The first kappa shape index (κ1) is 24.3. The van der Waals surface area contributed by atoms with Crippen LogP contribution in [0.1, 0.15) is 72.1 Å². The number of carbonyl (C=O) groups excluding carboxylic acids is 1. The van der Waals surface area contributed by atoms with Crippen molar-refractivity contribution >= 4 is 11.8 Å². The first-order valence-corrected chi connectivity index (χ1v) is 11.1. The highest BCUT2D eigenvalue weighted by Gasteiger charge is 2.04. The maximum absolute atomic E-state index is 11.8. The molecule has 0 saturated heterocycles. The van der Waals surface area contributed by atoms with E-state index in [4.69, 9.17) is 9.47 Å². The Bertz CT molecular complexity index is 501. The third kappa shape index (κ3) is 11.9. The highest BCUT2D eigenvalue weighted by atomic mass is 16.5. The maximum atomic E-state index is 11.8. The van der Waals surface area contributed by atoms with Crippen LogP contribution in [0.15, 0.2) is 24.3 Å². The van der Waals surface area contributed by atoms with E-state index >= 15 is 0 Å². The SMILES string of the molecule is CCCCCCCCCCOC(=O)Nc1ccc(OCCN(CC)CC)cc1. The molecule has 1 N–H and O–H groups in total. The van der Waals surface area contributed by atoms with Crippen molar-refractivity contribution in [3.63, 3.8) is 0 Å². The summed E-state index contributed by atoms with van der Waals surface area (Å²) in [5.41, 5.74) is 0.719. The largest absolute Gasteiger partial charge is 0.492 e. The molecule has 0 aromatic heterocycles. The molecule has 1 rings (SSSR count). The van der Waals surface area contributed by atoms with Crippen molar-refractivity contribution < 1.29 is 14.3 Å². The quantitative estimate of drug-likeness (QED) is 0.346. The molecule has 5 heteroatoms. The zero-order chi connectivity index (χ0) is 20.5. The number of nitrogens with zero attached hydrogens (tertiary/aromatic N) is 1. The van der Waals surface area contributed by atoms with Crippen LogP contribution in [0.25, 0.3) is 0 Å². The summed E-state index contributed by atoms with van der Waals surface area (Å²) in [5.74, 6) is 0.810. The van der Waals surface area contributed by atoms with E-state index in [1.165, 1.54) is 38.5 Å². The van der Waals surface area contributed by atoms with Gasteiger partial charge in [-0.2, -0.15) is 0 Å². The second kappa shape index (κ2) is 16.2. The van der Waals surface area contributed by atoms with Crippen molar-refractivity contribution in [3.05, 3.63) is 24.3 Å². The molecule has 5 nitrogen and oxygen atoms in total. The fourth-order valence-corrected chi connectivity index (χ4v) is 3.02. The van der Waals surface area contributed by atoms with Gasteiger partial charge in [0, 0.05) is 12.2 Å². The third-order valence-corrected chi connectivity index (χ3v) is 4.90. The van der Waals surface area contributed by atoms with Gasteiger partial charge in [-0.3, -0.25) is 5.32 Å². The Morgan fingerprint density at radius 2 is 1.46 bits per heavy atom. The first-order valence-electron chi connectivity index (χ1n) is 11.1. The van der Waals surface area contributed by atoms with E-state index < -0.39 is 6.09 Å². The van der Waals surface area contributed by atoms with E-state index in [0.29, 0.717) is 13.2 Å². The summed E-state index contributed by atoms with van der Waals surface area (Å²) in [6, 6.07) is 7.42. The summed E-state index contributed by atoms with van der Waals surface area (Å²) in [5, 5.41) is 2.76. The molecule has 0 saturated carbocycles. The van der Waals surface area contributed by atoms with Crippen LogP contribution in [-0.2, 0) is 4.74 Å². The van der Waals surface area contributed by atoms with E-state index in [1.807, 2.05) is 24.3 Å². The predicted octanol–water partition coefficient (Wildman–Crippen LogP) is 6.10. The maximum Gasteiger partial charge on any atom is 0.411 e. The van der Waals surface area contributed by atoms with E-state index in [2.05, 4.69) is 31.0 Å². The number of hydrogen-bond acceptors (Lipinski definition) is 4. The summed E-state index contributed by atoms with van der Waals surface area (Å²) in [7, 11) is 0. The minimum absolute atomic E-state index is 0.391. The molecule has 0 heterocycles. The van der Waals surface area contributed by atoms with Gasteiger partial charge < -0.3 is 14.4 Å². The van der Waals surface area contributed by atoms with Gasteiger partial charge in [-0.15, -0.1) is 0 Å². The topological polar surface area (TPSA) is 50.8 Å². The normalized spacial score (nSPS) is 10.9. The Labute approximate surface area is 171 Å². The van der Waals surface area contributed by atoms with Crippen LogP contribution < -0.4 is 10.1 Å². The number of amides is 1. The van der Waals surface area contributed by atoms with Gasteiger partial charge in [0.2, 0.25) is 0 Å². The Morgan fingerprint density at radius 1 is 0.857 bits per heavy atom. The molecule has 0 unspecified atom stereocenters. The van der Waals surface area contributed by atoms with Gasteiger partial charge in [-0.25, -0.2) is 4.79 Å². The molecule has 28 heavy (non-hydrogen) atoms. The van der Waals surface area contributed by atoms with Gasteiger partial charge in [0.05, 0.1) is 6.61 Å². The van der Waals surface area contributed by atoms with Crippen LogP contribution in [-0.4, -0.2) is 43.8 Å². The lowest BCUT2D eigenvalue weighted by atomic mass is 10.1. The molecular formula is C23H40N2O3. The van der Waals surface area contributed by atoms with E-state index in [9.17, 15) is 4.79 Å². The minimum Gasteiger partial charge on any atom is -0.492 e. The summed E-state index contributed by atoms with van der Waals surface area (Å²) in [6.07, 6.45) is 9.47. The molecular weight excluding hydrogens is 352 g/mol. The molecule has 0 radical (unpaired) electrons. The second-order valence-corrected chi connectivity index (χ2v) is 7.14. The zero-order valence-electron chi connectivity index (χ0n) is 18.2. The van der Waals surface area contributed by atoms with Crippen molar-refractivity contribution in [1.82, 2.24) is 4.90 Å². The molecule has 1 aromatic rings. The van der Waals surface area contributed by atoms with E-state index in [-0.39, 0.29) is 0 Å². The van der Waals surface area contributed by atoms with E-state index in [0.717, 1.165) is 43.9 Å². The van der Waals surface area contributed by atoms with Gasteiger partial charge in [-0.1, -0.05) is 65.7 Å². The molecule has 1 amide bonds. The fraction of sp³-hybridized carbons (Fsp3) is 0.696. The van der Waals surface area contributed by atoms with Crippen LogP contribution in [0.3, 0.4) is 0 Å². The van der Waals surface area contributed by atoms with Crippen LogP contribution in [0.5, 0.6) is 5.75 Å². The van der Waals surface area contributed by atoms with Gasteiger partial charge >= 0.3 is 6.09 Å². The summed E-state index contributed by atoms with van der Waals surface area (Å²) in [6.45, 7) is 10.7. The summed E-state index contributed by atoms with van der Waals surface area (Å²) < 4.78 is 11.0. The number of anilines is 1. The van der Waals surface area contributed by atoms with E-state index in [1.54, 1.807) is 0 Å². The summed E-state index contributed by atoms with van der Waals surface area (Å²) in [4.78, 5) is 14.2. The predicted molar refractivity (Wildman–Crippen MR) is 117 cm³/mol. The monoisotopic (exact) mass is 392 g/mol. The lowest BCUT2D eigenvalue weighted by Crippen LogP contribution is -2.27. The Morgan fingerprint density at radius 3 is 2.07 bits per heavy atom. The van der Waals surface area contributed by atoms with Crippen molar-refractivity contribution in [2.24, 2.45) is 0 Å². The number of benzene rings is 1. The van der Waals surface area contributed by atoms with Crippen LogP contribution in [0.4, 0.5) is 10.5 Å². The average Bonchev–Trinajstić information content (AvgIpc) is 2.71. The lowest BCUT2D eigenvalue weighted by molar-refractivity contribution is 0.159. The molecule has 0 fully saturated rings. The zero-order valence-corrected chi connectivity index (χ0v) is 18.2. The smallest absolute Gasteiger partial charge is 0.411 e. The minimum atomic E-state index is -0.391. The molecule has 0 aliphatic rings. The molecule has 0 bridgehead atoms. The number of likely N-dealkylation sites (N-methyl/N-ethyl adjacent to an activating group) is 1. The number of unbranched alkanes of at least 4 members (excludes halogenated alkanes) is 7. The van der Waals surface area contributed by atoms with Gasteiger partial charge in [0.15, 0.2) is 0 Å². The van der Waals surface area contributed by atoms with Crippen LogP contribution in [0, 0.1) is 0 Å². The van der Waals surface area contributed by atoms with Gasteiger partial charge in [0.1, 0.15) is 12.4 Å². The Hall–Kier alpha value is -1.75. The lowest BCUT2D eigenvalue weighted by Gasteiger charge is -2.18. The second-order valence-electron chi connectivity index (χ2n) is 7.14. The number of rotatable bonds is 16. The standard InChI is InChI=1S/C23H40N2O3/c1-4-7-8-9-10-11-12-13-19-28-23(26)24-21-14-16-22(17-15-21)27-20-18-25(5-2)6-3/h14-17H,4-13,18-20H2,1-3H3,(H,24,26). The van der Waals surface area contributed by atoms with Crippen molar-refractivity contribution in [3.8, 4) is 5.75 Å². The first-order chi connectivity index (χ1) is 13.7. The average molecular weight is 393 g/mol. The third-order valence-electron chi connectivity index (χ3n) is 4.90. The summed E-state index contributed by atoms with van der Waals surface area (Å²) >= 11 is 0. The number of nitrogens with one attached hydrogen (secondary N) is 1. The molecule has 0 aliphatic carbocycles. The van der Waals surface area contributed by atoms with Crippen molar-refractivity contribution in [1.29, 1.82) is 0 Å². The van der Waals surface area contributed by atoms with Crippen LogP contribution in [0.2, 0.25) is 0 Å². The molecule has 0 aliphatic heterocycles. The fourth-order valence-electron chi connectivity index (χ4n) is 3.02. The van der Waals surface area contributed by atoms with Gasteiger partial charge in [-0.05, 0) is 43.8 Å². The van der Waals surface area contributed by atoms with Crippen molar-refractivity contribution in [2.45, 2.75) is 72.1 Å². The Kier molecular flexibility index (Phi) is 14.1. The number of carbonyl (C=O) groups is 1. The molecule has 1 aromatic carbocycles. The number of hydrogen-bond donors (Lipinski definition) is 1. The highest BCUT2D eigenvalue weighted by molar-refractivity contribution is 5.84. The molecule has 0 spiro atoms. The van der Waals surface area contributed by atoms with Crippen LogP contribution >= 0.6 is 0 Å². The molecule has 0 atom stereocenters. The molecule has 160 valence electrons.